The SMILES string of the molecule is CCNC(CN1CCCCCCC1)C1CCCCC1. The number of nitrogens with zero attached hydrogens (tertiary/aromatic N) is 1. The van der Waals surface area contributed by atoms with Crippen molar-refractivity contribution < 1.29 is 0 Å². The molecule has 0 aromatic carbocycles. The lowest BCUT2D eigenvalue weighted by atomic mass is 9.83. The Balaban J connectivity index is 1.82. The maximum absolute atomic E-state index is 3.79. The van der Waals surface area contributed by atoms with E-state index in [1.807, 2.05) is 0 Å². The van der Waals surface area contributed by atoms with Crippen LogP contribution in [0.1, 0.15) is 71.1 Å². The molecule has 0 aromatic rings. The van der Waals surface area contributed by atoms with Gasteiger partial charge in [0.2, 0.25) is 0 Å². The standard InChI is InChI=1S/C17H34N2/c1-2-18-17(16-11-7-6-8-12-16)15-19-13-9-4-3-5-10-14-19/h16-18H,2-15H2,1H3. The molecule has 0 amide bonds. The first-order valence-electron chi connectivity index (χ1n) is 8.86. The molecule has 1 heterocycles. The van der Waals surface area contributed by atoms with E-state index in [2.05, 4.69) is 17.1 Å². The fourth-order valence-electron chi connectivity index (χ4n) is 3.95. The molecular formula is C17H34N2. The first-order chi connectivity index (χ1) is 9.40. The smallest absolute Gasteiger partial charge is 0.0223 e. The van der Waals surface area contributed by atoms with Crippen LogP contribution in [0, 0.1) is 5.92 Å². The van der Waals surface area contributed by atoms with Gasteiger partial charge in [0.1, 0.15) is 0 Å². The van der Waals surface area contributed by atoms with Crippen LogP contribution in [0.5, 0.6) is 0 Å². The van der Waals surface area contributed by atoms with Crippen LogP contribution in [0.15, 0.2) is 0 Å². The first-order valence-corrected chi connectivity index (χ1v) is 8.86. The van der Waals surface area contributed by atoms with Crippen molar-refractivity contribution in [2.24, 2.45) is 5.92 Å². The van der Waals surface area contributed by atoms with Crippen molar-refractivity contribution in [3.05, 3.63) is 0 Å². The summed E-state index contributed by atoms with van der Waals surface area (Å²) in [5.74, 6) is 0.944. The number of hydrogen-bond donors (Lipinski definition) is 1. The predicted molar refractivity (Wildman–Crippen MR) is 83.6 cm³/mol. The van der Waals surface area contributed by atoms with Gasteiger partial charge in [0.25, 0.3) is 0 Å². The number of rotatable bonds is 5. The summed E-state index contributed by atoms with van der Waals surface area (Å²) in [6.07, 6.45) is 14.5. The molecule has 2 heteroatoms. The Kier molecular flexibility index (Phi) is 7.23. The normalized spacial score (nSPS) is 25.7. The molecule has 1 saturated heterocycles. The largest absolute Gasteiger partial charge is 0.313 e. The van der Waals surface area contributed by atoms with Gasteiger partial charge < -0.3 is 10.2 Å². The third-order valence-electron chi connectivity index (χ3n) is 5.09. The molecule has 0 bridgehead atoms. The molecule has 2 rings (SSSR count). The summed E-state index contributed by atoms with van der Waals surface area (Å²) in [6.45, 7) is 7.39. The van der Waals surface area contributed by atoms with Crippen LogP contribution >= 0.6 is 0 Å². The number of nitrogens with one attached hydrogen (secondary N) is 1. The molecule has 112 valence electrons. The molecule has 1 unspecified atom stereocenters. The van der Waals surface area contributed by atoms with E-state index in [-0.39, 0.29) is 0 Å². The molecule has 2 fully saturated rings. The van der Waals surface area contributed by atoms with Gasteiger partial charge in [0.05, 0.1) is 0 Å². The van der Waals surface area contributed by atoms with Gasteiger partial charge in [-0.2, -0.15) is 0 Å². The second-order valence-corrected chi connectivity index (χ2v) is 6.63. The summed E-state index contributed by atoms with van der Waals surface area (Å²) < 4.78 is 0. The molecule has 0 spiro atoms. The van der Waals surface area contributed by atoms with Gasteiger partial charge in [-0.15, -0.1) is 0 Å². The highest BCUT2D eigenvalue weighted by molar-refractivity contribution is 4.82. The predicted octanol–water partition coefficient (Wildman–Crippen LogP) is 3.81. The molecule has 2 nitrogen and oxygen atoms in total. The quantitative estimate of drug-likeness (QED) is 0.814. The van der Waals surface area contributed by atoms with E-state index in [1.165, 1.54) is 83.8 Å². The maximum Gasteiger partial charge on any atom is 0.0223 e. The van der Waals surface area contributed by atoms with Crippen molar-refractivity contribution in [2.45, 2.75) is 77.2 Å². The summed E-state index contributed by atoms with van der Waals surface area (Å²) in [5, 5.41) is 3.79. The Morgan fingerprint density at radius 2 is 1.47 bits per heavy atom. The van der Waals surface area contributed by atoms with Crippen molar-refractivity contribution in [3.8, 4) is 0 Å². The van der Waals surface area contributed by atoms with Gasteiger partial charge >= 0.3 is 0 Å². The molecule has 1 aliphatic carbocycles. The van der Waals surface area contributed by atoms with Crippen molar-refractivity contribution in [2.75, 3.05) is 26.2 Å². The minimum Gasteiger partial charge on any atom is -0.313 e. The lowest BCUT2D eigenvalue weighted by molar-refractivity contribution is 0.174. The Hall–Kier alpha value is -0.0800. The Morgan fingerprint density at radius 3 is 2.11 bits per heavy atom. The topological polar surface area (TPSA) is 15.3 Å². The minimum atomic E-state index is 0.754. The van der Waals surface area contributed by atoms with Crippen LogP contribution in [0.4, 0.5) is 0 Å². The fourth-order valence-corrected chi connectivity index (χ4v) is 3.95. The molecule has 1 aliphatic heterocycles. The van der Waals surface area contributed by atoms with Gasteiger partial charge in [-0.3, -0.25) is 0 Å². The van der Waals surface area contributed by atoms with E-state index in [4.69, 9.17) is 0 Å². The maximum atomic E-state index is 3.79. The van der Waals surface area contributed by atoms with Crippen molar-refractivity contribution >= 4 is 0 Å². The highest BCUT2D eigenvalue weighted by Gasteiger charge is 2.24. The summed E-state index contributed by atoms with van der Waals surface area (Å²) in [6, 6.07) is 0.754. The number of likely N-dealkylation sites (tertiary alicyclic amines) is 1. The Labute approximate surface area is 120 Å². The van der Waals surface area contributed by atoms with E-state index in [0.29, 0.717) is 0 Å². The average Bonchev–Trinajstić information content (AvgIpc) is 2.42. The van der Waals surface area contributed by atoms with Crippen LogP contribution in [0.3, 0.4) is 0 Å². The Morgan fingerprint density at radius 1 is 0.895 bits per heavy atom. The Bertz CT molecular complexity index is 215. The minimum absolute atomic E-state index is 0.754. The van der Waals surface area contributed by atoms with Crippen molar-refractivity contribution in [3.63, 3.8) is 0 Å². The fraction of sp³-hybridized carbons (Fsp3) is 1.00. The average molecular weight is 266 g/mol. The highest BCUT2D eigenvalue weighted by Crippen LogP contribution is 2.27. The van der Waals surface area contributed by atoms with E-state index in [0.717, 1.165) is 18.5 Å². The second-order valence-electron chi connectivity index (χ2n) is 6.63. The van der Waals surface area contributed by atoms with Crippen LogP contribution in [-0.2, 0) is 0 Å². The summed E-state index contributed by atoms with van der Waals surface area (Å²) >= 11 is 0. The van der Waals surface area contributed by atoms with Gasteiger partial charge in [-0.25, -0.2) is 0 Å². The van der Waals surface area contributed by atoms with Crippen molar-refractivity contribution in [1.82, 2.24) is 10.2 Å². The van der Waals surface area contributed by atoms with Crippen LogP contribution in [-0.4, -0.2) is 37.1 Å². The van der Waals surface area contributed by atoms with Gasteiger partial charge in [-0.05, 0) is 51.2 Å². The molecule has 1 atom stereocenters. The summed E-state index contributed by atoms with van der Waals surface area (Å²) in [4.78, 5) is 2.75. The monoisotopic (exact) mass is 266 g/mol. The molecular weight excluding hydrogens is 232 g/mol. The number of hydrogen-bond acceptors (Lipinski definition) is 2. The zero-order valence-corrected chi connectivity index (χ0v) is 13.0. The summed E-state index contributed by atoms with van der Waals surface area (Å²) in [5.41, 5.74) is 0. The van der Waals surface area contributed by atoms with Crippen molar-refractivity contribution in [1.29, 1.82) is 0 Å². The molecule has 0 aromatic heterocycles. The van der Waals surface area contributed by atoms with Gasteiger partial charge in [0.15, 0.2) is 0 Å². The third kappa shape index (κ3) is 5.43. The lowest BCUT2D eigenvalue weighted by Crippen LogP contribution is -2.47. The summed E-state index contributed by atoms with van der Waals surface area (Å²) in [7, 11) is 0. The molecule has 2 aliphatic rings. The zero-order valence-electron chi connectivity index (χ0n) is 13.0. The van der Waals surface area contributed by atoms with E-state index < -0.39 is 0 Å². The van der Waals surface area contributed by atoms with E-state index >= 15 is 0 Å². The third-order valence-corrected chi connectivity index (χ3v) is 5.09. The molecule has 1 N–H and O–H groups in total. The van der Waals surface area contributed by atoms with E-state index in [9.17, 15) is 0 Å². The highest BCUT2D eigenvalue weighted by atomic mass is 15.1. The van der Waals surface area contributed by atoms with Crippen LogP contribution < -0.4 is 5.32 Å². The van der Waals surface area contributed by atoms with Gasteiger partial charge in [-0.1, -0.05) is 45.4 Å². The molecule has 1 saturated carbocycles. The zero-order chi connectivity index (χ0) is 13.3. The lowest BCUT2D eigenvalue weighted by Gasteiger charge is -2.35. The first kappa shape index (κ1) is 15.3. The molecule has 19 heavy (non-hydrogen) atoms. The second kappa shape index (κ2) is 8.97. The van der Waals surface area contributed by atoms with Crippen LogP contribution in [0.2, 0.25) is 0 Å². The van der Waals surface area contributed by atoms with Crippen LogP contribution in [0.25, 0.3) is 0 Å². The van der Waals surface area contributed by atoms with E-state index in [1.54, 1.807) is 0 Å². The van der Waals surface area contributed by atoms with Gasteiger partial charge in [0, 0.05) is 12.6 Å². The number of likely N-dealkylation sites (N-methyl/N-ethyl adjacent to an activating group) is 1. The molecule has 0 radical (unpaired) electrons.